The zero-order valence-electron chi connectivity index (χ0n) is 9.85. The van der Waals surface area contributed by atoms with Crippen LogP contribution in [0.2, 0.25) is 4.47 Å². The van der Waals surface area contributed by atoms with E-state index in [2.05, 4.69) is 9.71 Å². The summed E-state index contributed by atoms with van der Waals surface area (Å²) in [4.78, 5) is 3.67. The summed E-state index contributed by atoms with van der Waals surface area (Å²) in [6, 6.07) is 4.57. The minimum absolute atomic E-state index is 0.00898. The molecule has 1 aromatic carbocycles. The molecule has 1 aromatic heterocycles. The minimum atomic E-state index is -3.66. The third-order valence-electron chi connectivity index (χ3n) is 2.42. The lowest BCUT2D eigenvalue weighted by molar-refractivity contribution is 0.582. The molecule has 8 heteroatoms. The van der Waals surface area contributed by atoms with Crippen molar-refractivity contribution in [1.82, 2.24) is 9.71 Å². The predicted octanol–water partition coefficient (Wildman–Crippen LogP) is 2.72. The van der Waals surface area contributed by atoms with Gasteiger partial charge in [-0.05, 0) is 24.1 Å². The van der Waals surface area contributed by atoms with Gasteiger partial charge in [-0.1, -0.05) is 35.1 Å². The molecular formula is C11H10ClFN2O2S2. The van der Waals surface area contributed by atoms with E-state index in [1.54, 1.807) is 19.1 Å². The van der Waals surface area contributed by atoms with Gasteiger partial charge in [0.1, 0.15) is 5.82 Å². The molecule has 0 amide bonds. The van der Waals surface area contributed by atoms with Gasteiger partial charge >= 0.3 is 0 Å². The van der Waals surface area contributed by atoms with Gasteiger partial charge in [-0.3, -0.25) is 0 Å². The number of aromatic nitrogens is 1. The standard InChI is InChI=1S/C11H10ClFN2O2S2/c1-7-2-3-8(4-9(7)13)5-15-19(16,17)10-6-14-11(12)18-10/h2-4,6,15H,5H2,1H3. The number of benzene rings is 1. The molecule has 0 aliphatic heterocycles. The van der Waals surface area contributed by atoms with Crippen molar-refractivity contribution in [2.75, 3.05) is 0 Å². The molecule has 0 fully saturated rings. The number of aryl methyl sites for hydroxylation is 1. The van der Waals surface area contributed by atoms with Crippen molar-refractivity contribution >= 4 is 33.0 Å². The van der Waals surface area contributed by atoms with Gasteiger partial charge in [0, 0.05) is 6.54 Å². The highest BCUT2D eigenvalue weighted by atomic mass is 35.5. The zero-order chi connectivity index (χ0) is 14.0. The van der Waals surface area contributed by atoms with Crippen LogP contribution in [-0.2, 0) is 16.6 Å². The summed E-state index contributed by atoms with van der Waals surface area (Å²) >= 11 is 6.45. The van der Waals surface area contributed by atoms with Crippen molar-refractivity contribution in [1.29, 1.82) is 0 Å². The summed E-state index contributed by atoms with van der Waals surface area (Å²) in [6.07, 6.45) is 1.19. The Morgan fingerprint density at radius 2 is 2.21 bits per heavy atom. The second kappa shape index (κ2) is 5.54. The Bertz CT molecular complexity index is 700. The van der Waals surface area contributed by atoms with Gasteiger partial charge in [-0.2, -0.15) is 0 Å². The lowest BCUT2D eigenvalue weighted by Crippen LogP contribution is -2.22. The van der Waals surface area contributed by atoms with Crippen LogP contribution in [0.15, 0.2) is 28.6 Å². The number of rotatable bonds is 4. The highest BCUT2D eigenvalue weighted by Gasteiger charge is 2.17. The van der Waals surface area contributed by atoms with Crippen LogP contribution in [0.25, 0.3) is 0 Å². The maximum atomic E-state index is 13.3. The van der Waals surface area contributed by atoms with Crippen molar-refractivity contribution < 1.29 is 12.8 Å². The summed E-state index contributed by atoms with van der Waals surface area (Å²) in [6.45, 7) is 1.65. The van der Waals surface area contributed by atoms with Crippen LogP contribution in [0.4, 0.5) is 4.39 Å². The van der Waals surface area contributed by atoms with Crippen LogP contribution in [0, 0.1) is 12.7 Å². The Morgan fingerprint density at radius 1 is 1.47 bits per heavy atom. The highest BCUT2D eigenvalue weighted by molar-refractivity contribution is 7.91. The van der Waals surface area contributed by atoms with Crippen molar-refractivity contribution in [2.24, 2.45) is 0 Å². The number of thiazole rings is 1. The third kappa shape index (κ3) is 3.50. The predicted molar refractivity (Wildman–Crippen MR) is 72.3 cm³/mol. The van der Waals surface area contributed by atoms with E-state index >= 15 is 0 Å². The van der Waals surface area contributed by atoms with Crippen LogP contribution in [0.5, 0.6) is 0 Å². The molecule has 0 aliphatic carbocycles. The SMILES string of the molecule is Cc1ccc(CNS(=O)(=O)c2cnc(Cl)s2)cc1F. The van der Waals surface area contributed by atoms with Gasteiger partial charge in [0.25, 0.3) is 10.0 Å². The summed E-state index contributed by atoms with van der Waals surface area (Å²) < 4.78 is 39.6. The summed E-state index contributed by atoms with van der Waals surface area (Å²) in [5, 5.41) is 0. The number of nitrogens with one attached hydrogen (secondary N) is 1. The van der Waals surface area contributed by atoms with E-state index < -0.39 is 10.0 Å². The molecule has 1 heterocycles. The van der Waals surface area contributed by atoms with Crippen molar-refractivity contribution in [2.45, 2.75) is 17.7 Å². The maximum Gasteiger partial charge on any atom is 0.252 e. The molecule has 0 saturated heterocycles. The van der Waals surface area contributed by atoms with Crippen molar-refractivity contribution in [3.63, 3.8) is 0 Å². The second-order valence-corrected chi connectivity index (χ2v) is 7.45. The highest BCUT2D eigenvalue weighted by Crippen LogP contribution is 2.22. The van der Waals surface area contributed by atoms with Crippen LogP contribution < -0.4 is 4.72 Å². The van der Waals surface area contributed by atoms with E-state index in [1.165, 1.54) is 12.3 Å². The fourth-order valence-electron chi connectivity index (χ4n) is 1.36. The largest absolute Gasteiger partial charge is 0.252 e. The number of hydrogen-bond acceptors (Lipinski definition) is 4. The van der Waals surface area contributed by atoms with Crippen LogP contribution in [0.1, 0.15) is 11.1 Å². The maximum absolute atomic E-state index is 13.3. The summed E-state index contributed by atoms with van der Waals surface area (Å²) in [5.41, 5.74) is 1.06. The molecule has 0 bridgehead atoms. The van der Waals surface area contributed by atoms with Crippen molar-refractivity contribution in [3.05, 3.63) is 45.8 Å². The Morgan fingerprint density at radius 3 is 2.79 bits per heavy atom. The molecule has 0 aliphatic rings. The van der Waals surface area contributed by atoms with Crippen LogP contribution >= 0.6 is 22.9 Å². The summed E-state index contributed by atoms with van der Waals surface area (Å²) in [7, 11) is -3.66. The molecule has 1 N–H and O–H groups in total. The monoisotopic (exact) mass is 320 g/mol. The van der Waals surface area contributed by atoms with Crippen LogP contribution in [0.3, 0.4) is 0 Å². The normalized spacial score (nSPS) is 11.7. The number of hydrogen-bond donors (Lipinski definition) is 1. The molecule has 2 rings (SSSR count). The summed E-state index contributed by atoms with van der Waals surface area (Å²) in [5.74, 6) is -0.363. The molecule has 0 atom stereocenters. The van der Waals surface area contributed by atoms with E-state index in [0.29, 0.717) is 11.1 Å². The van der Waals surface area contributed by atoms with Gasteiger partial charge in [0.05, 0.1) is 6.20 Å². The Hall–Kier alpha value is -1.02. The molecule has 0 unspecified atom stereocenters. The van der Waals surface area contributed by atoms with Crippen molar-refractivity contribution in [3.8, 4) is 0 Å². The Labute approximate surface area is 119 Å². The fraction of sp³-hybridized carbons (Fsp3) is 0.182. The molecule has 2 aromatic rings. The topological polar surface area (TPSA) is 59.1 Å². The van der Waals surface area contributed by atoms with E-state index in [1.807, 2.05) is 0 Å². The number of nitrogens with zero attached hydrogens (tertiary/aromatic N) is 1. The van der Waals surface area contributed by atoms with Gasteiger partial charge in [0.15, 0.2) is 8.68 Å². The van der Waals surface area contributed by atoms with Gasteiger partial charge in [0.2, 0.25) is 0 Å². The van der Waals surface area contributed by atoms with E-state index in [-0.39, 0.29) is 21.0 Å². The molecule has 102 valence electrons. The van der Waals surface area contributed by atoms with Gasteiger partial charge in [-0.15, -0.1) is 0 Å². The first kappa shape index (κ1) is 14.4. The average Bonchev–Trinajstić information content (AvgIpc) is 2.78. The van der Waals surface area contributed by atoms with E-state index in [4.69, 9.17) is 11.6 Å². The molecule has 0 radical (unpaired) electrons. The first-order valence-electron chi connectivity index (χ1n) is 5.24. The third-order valence-corrected chi connectivity index (χ3v) is 5.40. The Kier molecular flexibility index (Phi) is 4.19. The zero-order valence-corrected chi connectivity index (χ0v) is 12.2. The molecule has 19 heavy (non-hydrogen) atoms. The number of sulfonamides is 1. The molecule has 0 spiro atoms. The lowest BCUT2D eigenvalue weighted by Gasteiger charge is -2.05. The van der Waals surface area contributed by atoms with E-state index in [9.17, 15) is 12.8 Å². The fourth-order valence-corrected chi connectivity index (χ4v) is 3.71. The van der Waals surface area contributed by atoms with E-state index in [0.717, 1.165) is 11.3 Å². The molecular weight excluding hydrogens is 311 g/mol. The Balaban J connectivity index is 2.11. The average molecular weight is 321 g/mol. The van der Waals surface area contributed by atoms with Gasteiger partial charge in [-0.25, -0.2) is 22.5 Å². The smallest absolute Gasteiger partial charge is 0.232 e. The molecule has 0 saturated carbocycles. The first-order chi connectivity index (χ1) is 8.88. The second-order valence-electron chi connectivity index (χ2n) is 3.84. The lowest BCUT2D eigenvalue weighted by atomic mass is 10.1. The first-order valence-corrected chi connectivity index (χ1v) is 7.92. The molecule has 4 nitrogen and oxygen atoms in total. The van der Waals surface area contributed by atoms with Crippen LogP contribution in [-0.4, -0.2) is 13.4 Å². The van der Waals surface area contributed by atoms with Gasteiger partial charge < -0.3 is 0 Å². The quantitative estimate of drug-likeness (QED) is 0.942. The number of halogens is 2. The minimum Gasteiger partial charge on any atom is -0.232 e.